The molecule has 33 heavy (non-hydrogen) atoms. The van der Waals surface area contributed by atoms with Crippen molar-refractivity contribution in [3.8, 4) is 11.8 Å². The first-order chi connectivity index (χ1) is 15.9. The summed E-state index contributed by atoms with van der Waals surface area (Å²) in [6, 6.07) is 19.5. The molecule has 164 valence electrons. The van der Waals surface area contributed by atoms with E-state index < -0.39 is 5.91 Å². The Morgan fingerprint density at radius 2 is 1.91 bits per heavy atom. The van der Waals surface area contributed by atoms with Crippen molar-refractivity contribution >= 4 is 62.2 Å². The third-order valence-corrected chi connectivity index (χ3v) is 5.67. The van der Waals surface area contributed by atoms with Gasteiger partial charge in [0, 0.05) is 15.4 Å². The molecule has 4 rings (SSSR count). The largest absolute Gasteiger partial charge is 0.486 e. The van der Waals surface area contributed by atoms with E-state index in [0.29, 0.717) is 22.5 Å². The van der Waals surface area contributed by atoms with Gasteiger partial charge >= 0.3 is 5.91 Å². The number of hydrogen-bond donors (Lipinski definition) is 1. The Bertz CT molecular complexity index is 1400. The molecule has 0 radical (unpaired) electrons. The Hall–Kier alpha value is -3.31. The molecule has 3 aromatic carbocycles. The van der Waals surface area contributed by atoms with E-state index >= 15 is 0 Å². The lowest BCUT2D eigenvalue weighted by Gasteiger charge is -2.11. The number of rotatable bonds is 6. The van der Waals surface area contributed by atoms with Gasteiger partial charge in [0.25, 0.3) is 0 Å². The Morgan fingerprint density at radius 1 is 1.15 bits per heavy atom. The molecule has 0 fully saturated rings. The number of furan rings is 1. The lowest BCUT2D eigenvalue weighted by molar-refractivity contribution is 0.0929. The van der Waals surface area contributed by atoms with Gasteiger partial charge in [-0.15, -0.1) is 0 Å². The number of halogens is 3. The molecule has 6 nitrogen and oxygen atoms in total. The zero-order valence-corrected chi connectivity index (χ0v) is 19.9. The molecule has 0 saturated heterocycles. The van der Waals surface area contributed by atoms with Crippen LogP contribution in [0, 0.1) is 11.3 Å². The van der Waals surface area contributed by atoms with Crippen LogP contribution in [0.2, 0.25) is 10.0 Å². The number of nitriles is 1. The summed E-state index contributed by atoms with van der Waals surface area (Å²) in [6.45, 7) is 0.140. The van der Waals surface area contributed by atoms with E-state index in [1.807, 2.05) is 18.2 Å². The molecule has 1 heterocycles. The lowest BCUT2D eigenvalue weighted by atomic mass is 10.1. The van der Waals surface area contributed by atoms with Crippen LogP contribution in [-0.2, 0) is 6.61 Å². The number of hydrogen-bond acceptors (Lipinski definition) is 5. The fourth-order valence-electron chi connectivity index (χ4n) is 3.04. The summed E-state index contributed by atoms with van der Waals surface area (Å²) < 4.78 is 12.2. The highest BCUT2D eigenvalue weighted by atomic mass is 79.9. The molecule has 9 heteroatoms. The van der Waals surface area contributed by atoms with Crippen molar-refractivity contribution in [2.24, 2.45) is 5.10 Å². The number of ether oxygens (including phenoxy) is 1. The first kappa shape index (κ1) is 22.9. The molecule has 4 aromatic rings. The van der Waals surface area contributed by atoms with Gasteiger partial charge in [0.1, 0.15) is 12.2 Å². The van der Waals surface area contributed by atoms with Crippen LogP contribution in [0.15, 0.2) is 74.7 Å². The summed E-state index contributed by atoms with van der Waals surface area (Å²) in [5.74, 6) is -0.0645. The highest BCUT2D eigenvalue weighted by Crippen LogP contribution is 2.34. The van der Waals surface area contributed by atoms with Crippen LogP contribution in [0.25, 0.3) is 11.0 Å². The molecule has 0 bridgehead atoms. The van der Waals surface area contributed by atoms with Crippen LogP contribution >= 0.6 is 39.1 Å². The van der Waals surface area contributed by atoms with Gasteiger partial charge in [-0.25, -0.2) is 5.43 Å². The first-order valence-electron chi connectivity index (χ1n) is 9.57. The van der Waals surface area contributed by atoms with Gasteiger partial charge in [-0.2, -0.15) is 10.4 Å². The fraction of sp³-hybridized carbons (Fsp3) is 0.0417. The van der Waals surface area contributed by atoms with E-state index in [0.717, 1.165) is 15.4 Å². The molecule has 1 N–H and O–H groups in total. The summed E-state index contributed by atoms with van der Waals surface area (Å²) in [5.41, 5.74) is 4.80. The van der Waals surface area contributed by atoms with Gasteiger partial charge in [0.05, 0.1) is 27.9 Å². The lowest BCUT2D eigenvalue weighted by Crippen LogP contribution is -2.16. The van der Waals surface area contributed by atoms with E-state index in [1.54, 1.807) is 42.5 Å². The second kappa shape index (κ2) is 10.1. The molecule has 0 aliphatic heterocycles. The molecule has 0 aliphatic rings. The minimum absolute atomic E-state index is 0.137. The molecular weight excluding hydrogens is 529 g/mol. The number of carbonyl (C=O) groups excluding carboxylic acids is 1. The van der Waals surface area contributed by atoms with Crippen molar-refractivity contribution in [2.45, 2.75) is 6.61 Å². The maximum Gasteiger partial charge on any atom is 0.307 e. The summed E-state index contributed by atoms with van der Waals surface area (Å²) in [6.07, 6.45) is 1.41. The van der Waals surface area contributed by atoms with Gasteiger partial charge in [-0.1, -0.05) is 57.3 Å². The standard InChI is InChI=1S/C24H14BrCl2N3O3/c25-18-5-6-21-17(9-18)10-22(33-21)24(31)30-29-12-14-7-19(26)23(20(27)8-14)32-13-16-4-2-1-3-15(16)11-28/h1-10,12H,13H2,(H,30,31)/b29-12-. The summed E-state index contributed by atoms with van der Waals surface area (Å²) >= 11 is 16.0. The topological polar surface area (TPSA) is 87.6 Å². The molecule has 0 spiro atoms. The number of nitrogens with zero attached hydrogens (tertiary/aromatic N) is 2. The van der Waals surface area contributed by atoms with Gasteiger partial charge in [0.15, 0.2) is 11.5 Å². The Labute approximate surface area is 207 Å². The SMILES string of the molecule is N#Cc1ccccc1COc1c(Cl)cc(/C=N\NC(=O)c2cc3cc(Br)ccc3o2)cc1Cl. The van der Waals surface area contributed by atoms with Crippen molar-refractivity contribution in [2.75, 3.05) is 0 Å². The maximum atomic E-state index is 12.3. The van der Waals surface area contributed by atoms with Crippen molar-refractivity contribution in [1.29, 1.82) is 5.26 Å². The average Bonchev–Trinajstić information content (AvgIpc) is 3.22. The second-order valence-electron chi connectivity index (χ2n) is 6.86. The molecular formula is C24H14BrCl2N3O3. The number of nitrogens with one attached hydrogen (secondary N) is 1. The fourth-order valence-corrected chi connectivity index (χ4v) is 4.04. The Morgan fingerprint density at radius 3 is 2.67 bits per heavy atom. The van der Waals surface area contributed by atoms with Gasteiger partial charge in [-0.05, 0) is 48.0 Å². The summed E-state index contributed by atoms with van der Waals surface area (Å²) in [7, 11) is 0. The highest BCUT2D eigenvalue weighted by molar-refractivity contribution is 9.10. The van der Waals surface area contributed by atoms with Crippen LogP contribution < -0.4 is 10.2 Å². The van der Waals surface area contributed by atoms with E-state index in [9.17, 15) is 10.1 Å². The predicted octanol–water partition coefficient (Wildman–Crippen LogP) is 6.72. The van der Waals surface area contributed by atoms with Gasteiger partial charge < -0.3 is 9.15 Å². The van der Waals surface area contributed by atoms with Crippen LogP contribution in [0.5, 0.6) is 5.75 Å². The summed E-state index contributed by atoms with van der Waals surface area (Å²) in [5, 5.41) is 14.5. The molecule has 0 aliphatic carbocycles. The quantitative estimate of drug-likeness (QED) is 0.216. The maximum absolute atomic E-state index is 12.3. The van der Waals surface area contributed by atoms with Crippen LogP contribution in [-0.4, -0.2) is 12.1 Å². The normalized spacial score (nSPS) is 11.0. The number of amides is 1. The zero-order valence-electron chi connectivity index (χ0n) is 16.8. The predicted molar refractivity (Wildman–Crippen MR) is 131 cm³/mol. The highest BCUT2D eigenvalue weighted by Gasteiger charge is 2.13. The van der Waals surface area contributed by atoms with Crippen LogP contribution in [0.3, 0.4) is 0 Å². The third kappa shape index (κ3) is 5.37. The van der Waals surface area contributed by atoms with E-state index in [1.165, 1.54) is 6.21 Å². The third-order valence-electron chi connectivity index (χ3n) is 4.61. The number of carbonyl (C=O) groups is 1. The molecule has 1 aromatic heterocycles. The Kier molecular flexibility index (Phi) is 6.99. The Balaban J connectivity index is 1.43. The average molecular weight is 543 g/mol. The zero-order chi connectivity index (χ0) is 23.4. The number of benzene rings is 3. The van der Waals surface area contributed by atoms with Gasteiger partial charge in [0.2, 0.25) is 0 Å². The molecule has 0 atom stereocenters. The minimum atomic E-state index is -0.494. The van der Waals surface area contributed by atoms with Crippen molar-refractivity contribution in [3.63, 3.8) is 0 Å². The summed E-state index contributed by atoms with van der Waals surface area (Å²) in [4.78, 5) is 12.3. The van der Waals surface area contributed by atoms with E-state index in [2.05, 4.69) is 32.5 Å². The number of fused-ring (bicyclic) bond motifs is 1. The monoisotopic (exact) mass is 541 g/mol. The van der Waals surface area contributed by atoms with Gasteiger partial charge in [-0.3, -0.25) is 4.79 Å². The van der Waals surface area contributed by atoms with Crippen molar-refractivity contribution in [1.82, 2.24) is 5.43 Å². The molecule has 1 amide bonds. The van der Waals surface area contributed by atoms with E-state index in [4.69, 9.17) is 32.4 Å². The minimum Gasteiger partial charge on any atom is -0.486 e. The number of hydrazone groups is 1. The van der Waals surface area contributed by atoms with E-state index in [-0.39, 0.29) is 22.4 Å². The first-order valence-corrected chi connectivity index (χ1v) is 11.1. The van der Waals surface area contributed by atoms with Crippen LogP contribution in [0.4, 0.5) is 0 Å². The smallest absolute Gasteiger partial charge is 0.307 e. The van der Waals surface area contributed by atoms with Crippen molar-refractivity contribution in [3.05, 3.63) is 97.6 Å². The molecule has 0 saturated carbocycles. The van der Waals surface area contributed by atoms with Crippen molar-refractivity contribution < 1.29 is 13.9 Å². The van der Waals surface area contributed by atoms with Crippen LogP contribution in [0.1, 0.15) is 27.2 Å². The molecule has 0 unspecified atom stereocenters. The second-order valence-corrected chi connectivity index (χ2v) is 8.59.